The number of carboxylic acids is 1. The van der Waals surface area contributed by atoms with Crippen LogP contribution in [0.5, 0.6) is 0 Å². The fourth-order valence-corrected chi connectivity index (χ4v) is 2.73. The third-order valence-corrected chi connectivity index (χ3v) is 3.81. The van der Waals surface area contributed by atoms with Gasteiger partial charge >= 0.3 is 5.97 Å². The maximum atomic E-state index is 11.7. The molecule has 0 spiro atoms. The molecule has 2 aliphatic heterocycles. The molecule has 2 atom stereocenters. The van der Waals surface area contributed by atoms with E-state index in [9.17, 15) is 9.59 Å². The van der Waals surface area contributed by atoms with Gasteiger partial charge in [0.05, 0.1) is 5.92 Å². The van der Waals surface area contributed by atoms with Crippen LogP contribution in [0.25, 0.3) is 0 Å². The molecule has 0 bridgehead atoms. The van der Waals surface area contributed by atoms with Crippen molar-refractivity contribution in [2.24, 2.45) is 5.92 Å². The zero-order chi connectivity index (χ0) is 12.4. The Kier molecular flexibility index (Phi) is 3.66. The normalized spacial score (nSPS) is 27.7. The average Bonchev–Trinajstić information content (AvgIpc) is 2.88. The molecule has 5 heteroatoms. The van der Waals surface area contributed by atoms with Crippen molar-refractivity contribution in [2.75, 3.05) is 26.2 Å². The van der Waals surface area contributed by atoms with Crippen LogP contribution in [-0.2, 0) is 9.59 Å². The standard InChI is InChI=1S/C12H20N2O3/c1-9(13-4-2-3-5-13)7-14-8-10(12(16)17)6-11(14)15/h9-10H,2-8H2,1H3,(H,16,17). The second-order valence-electron chi connectivity index (χ2n) is 5.13. The van der Waals surface area contributed by atoms with Gasteiger partial charge in [-0.15, -0.1) is 0 Å². The molecule has 1 amide bonds. The number of carboxylic acid groups (broad SMARTS) is 1. The molecule has 0 saturated carbocycles. The first kappa shape index (κ1) is 12.4. The van der Waals surface area contributed by atoms with Gasteiger partial charge in [0.25, 0.3) is 0 Å². The monoisotopic (exact) mass is 240 g/mol. The highest BCUT2D eigenvalue weighted by molar-refractivity contribution is 5.86. The second-order valence-corrected chi connectivity index (χ2v) is 5.13. The Morgan fingerprint density at radius 3 is 2.65 bits per heavy atom. The van der Waals surface area contributed by atoms with Crippen molar-refractivity contribution in [3.8, 4) is 0 Å². The Morgan fingerprint density at radius 1 is 1.47 bits per heavy atom. The lowest BCUT2D eigenvalue weighted by Crippen LogP contribution is -2.41. The highest BCUT2D eigenvalue weighted by Gasteiger charge is 2.35. The zero-order valence-corrected chi connectivity index (χ0v) is 10.3. The van der Waals surface area contributed by atoms with Gasteiger partial charge in [-0.2, -0.15) is 0 Å². The molecule has 5 nitrogen and oxygen atoms in total. The molecular weight excluding hydrogens is 220 g/mol. The molecule has 2 unspecified atom stereocenters. The van der Waals surface area contributed by atoms with Crippen molar-refractivity contribution in [1.29, 1.82) is 0 Å². The number of carbonyl (C=O) groups is 2. The molecule has 17 heavy (non-hydrogen) atoms. The van der Waals surface area contributed by atoms with Crippen molar-refractivity contribution in [1.82, 2.24) is 9.80 Å². The van der Waals surface area contributed by atoms with Gasteiger partial charge in [0.2, 0.25) is 5.91 Å². The first-order chi connectivity index (χ1) is 8.08. The van der Waals surface area contributed by atoms with Crippen LogP contribution in [0, 0.1) is 5.92 Å². The largest absolute Gasteiger partial charge is 0.481 e. The van der Waals surface area contributed by atoms with Crippen LogP contribution in [0.1, 0.15) is 26.2 Å². The van der Waals surface area contributed by atoms with E-state index in [1.54, 1.807) is 4.90 Å². The fourth-order valence-electron chi connectivity index (χ4n) is 2.73. The lowest BCUT2D eigenvalue weighted by molar-refractivity contribution is -0.141. The van der Waals surface area contributed by atoms with Crippen LogP contribution in [0.3, 0.4) is 0 Å². The Balaban J connectivity index is 1.86. The summed E-state index contributed by atoms with van der Waals surface area (Å²) in [7, 11) is 0. The minimum absolute atomic E-state index is 0.0107. The molecule has 0 aliphatic carbocycles. The second kappa shape index (κ2) is 5.04. The van der Waals surface area contributed by atoms with E-state index in [0.29, 0.717) is 19.1 Å². The van der Waals surface area contributed by atoms with Gasteiger partial charge in [-0.05, 0) is 32.9 Å². The van der Waals surface area contributed by atoms with Crippen molar-refractivity contribution in [2.45, 2.75) is 32.2 Å². The molecule has 96 valence electrons. The summed E-state index contributed by atoms with van der Waals surface area (Å²) >= 11 is 0. The third kappa shape index (κ3) is 2.77. The fraction of sp³-hybridized carbons (Fsp3) is 0.833. The van der Waals surface area contributed by atoms with E-state index in [-0.39, 0.29) is 12.3 Å². The molecule has 0 aromatic heterocycles. The summed E-state index contributed by atoms with van der Waals surface area (Å²) in [6, 6.07) is 0.342. The summed E-state index contributed by atoms with van der Waals surface area (Å²) in [4.78, 5) is 26.6. The van der Waals surface area contributed by atoms with Crippen LogP contribution in [0.2, 0.25) is 0 Å². The predicted molar refractivity (Wildman–Crippen MR) is 62.6 cm³/mol. The first-order valence-electron chi connectivity index (χ1n) is 6.32. The van der Waals surface area contributed by atoms with Crippen LogP contribution in [0.4, 0.5) is 0 Å². The number of carbonyl (C=O) groups excluding carboxylic acids is 1. The van der Waals surface area contributed by atoms with Crippen molar-refractivity contribution in [3.05, 3.63) is 0 Å². The molecule has 2 rings (SSSR count). The van der Waals surface area contributed by atoms with E-state index in [1.807, 2.05) is 0 Å². The number of likely N-dealkylation sites (tertiary alicyclic amines) is 2. The maximum Gasteiger partial charge on any atom is 0.308 e. The predicted octanol–water partition coefficient (Wildman–Crippen LogP) is 0.404. The lowest BCUT2D eigenvalue weighted by Gasteiger charge is -2.28. The number of rotatable bonds is 4. The summed E-state index contributed by atoms with van der Waals surface area (Å²) < 4.78 is 0. The third-order valence-electron chi connectivity index (χ3n) is 3.81. The van der Waals surface area contributed by atoms with Crippen LogP contribution in [0.15, 0.2) is 0 Å². The van der Waals surface area contributed by atoms with Crippen molar-refractivity contribution < 1.29 is 14.7 Å². The van der Waals surface area contributed by atoms with Crippen LogP contribution in [-0.4, -0.2) is 59.0 Å². The Labute approximate surface area is 101 Å². The van der Waals surface area contributed by atoms with E-state index in [2.05, 4.69) is 11.8 Å². The number of aliphatic carboxylic acids is 1. The van der Waals surface area contributed by atoms with Gasteiger partial charge in [-0.25, -0.2) is 0 Å². The smallest absolute Gasteiger partial charge is 0.308 e. The van der Waals surface area contributed by atoms with Gasteiger partial charge in [0.15, 0.2) is 0 Å². The summed E-state index contributed by atoms with van der Waals surface area (Å²) in [5.41, 5.74) is 0. The van der Waals surface area contributed by atoms with E-state index >= 15 is 0 Å². The van der Waals surface area contributed by atoms with Gasteiger partial charge in [-0.3, -0.25) is 14.5 Å². The molecule has 2 saturated heterocycles. The Bertz CT molecular complexity index is 313. The molecule has 1 N–H and O–H groups in total. The van der Waals surface area contributed by atoms with Gasteiger partial charge in [0, 0.05) is 25.6 Å². The first-order valence-corrected chi connectivity index (χ1v) is 6.32. The Hall–Kier alpha value is -1.10. The highest BCUT2D eigenvalue weighted by atomic mass is 16.4. The zero-order valence-electron chi connectivity index (χ0n) is 10.3. The molecular formula is C12H20N2O3. The summed E-state index contributed by atoms with van der Waals surface area (Å²) in [5, 5.41) is 8.91. The number of hydrogen-bond acceptors (Lipinski definition) is 3. The van der Waals surface area contributed by atoms with E-state index < -0.39 is 11.9 Å². The molecule has 0 radical (unpaired) electrons. The molecule has 0 aromatic carbocycles. The Morgan fingerprint density at radius 2 is 2.12 bits per heavy atom. The highest BCUT2D eigenvalue weighted by Crippen LogP contribution is 2.20. The molecule has 2 fully saturated rings. The topological polar surface area (TPSA) is 60.9 Å². The van der Waals surface area contributed by atoms with E-state index in [1.165, 1.54) is 12.8 Å². The number of nitrogens with zero attached hydrogens (tertiary/aromatic N) is 2. The van der Waals surface area contributed by atoms with E-state index in [0.717, 1.165) is 13.1 Å². The maximum absolute atomic E-state index is 11.7. The van der Waals surface area contributed by atoms with Crippen LogP contribution < -0.4 is 0 Å². The summed E-state index contributed by atoms with van der Waals surface area (Å²) in [6.45, 7) is 5.37. The molecule has 0 aromatic rings. The summed E-state index contributed by atoms with van der Waals surface area (Å²) in [6.07, 6.45) is 2.63. The van der Waals surface area contributed by atoms with Crippen molar-refractivity contribution >= 4 is 11.9 Å². The van der Waals surface area contributed by atoms with Gasteiger partial charge < -0.3 is 10.0 Å². The SMILES string of the molecule is CC(CN1CC(C(=O)O)CC1=O)N1CCCC1. The average molecular weight is 240 g/mol. The quantitative estimate of drug-likeness (QED) is 0.773. The summed E-state index contributed by atoms with van der Waals surface area (Å²) in [5.74, 6) is -1.37. The van der Waals surface area contributed by atoms with Crippen molar-refractivity contribution in [3.63, 3.8) is 0 Å². The minimum atomic E-state index is -0.852. The minimum Gasteiger partial charge on any atom is -0.481 e. The van der Waals surface area contributed by atoms with E-state index in [4.69, 9.17) is 5.11 Å². The van der Waals surface area contributed by atoms with Crippen LogP contribution >= 0.6 is 0 Å². The number of amides is 1. The van der Waals surface area contributed by atoms with Gasteiger partial charge in [-0.1, -0.05) is 0 Å². The number of hydrogen-bond donors (Lipinski definition) is 1. The molecule has 2 aliphatic rings. The lowest BCUT2D eigenvalue weighted by atomic mass is 10.1. The molecule has 2 heterocycles. The van der Waals surface area contributed by atoms with Gasteiger partial charge in [0.1, 0.15) is 0 Å².